The number of halogens is 2. The summed E-state index contributed by atoms with van der Waals surface area (Å²) in [6.45, 7) is 0. The van der Waals surface area contributed by atoms with Crippen molar-refractivity contribution in [3.05, 3.63) is 28.2 Å². The Morgan fingerprint density at radius 2 is 2.09 bits per heavy atom. The summed E-state index contributed by atoms with van der Waals surface area (Å²) in [4.78, 5) is 12.2. The van der Waals surface area contributed by atoms with Gasteiger partial charge in [0.25, 0.3) is 0 Å². The third-order valence-corrected chi connectivity index (χ3v) is 6.76. The van der Waals surface area contributed by atoms with Crippen LogP contribution in [-0.2, 0) is 4.74 Å². The summed E-state index contributed by atoms with van der Waals surface area (Å²) in [6.07, 6.45) is 7.12. The Labute approximate surface area is 140 Å². The van der Waals surface area contributed by atoms with Gasteiger partial charge in [-0.2, -0.15) is 0 Å². The number of rotatable bonds is 2. The average Bonchev–Trinajstić information content (AvgIpc) is 3.10. The summed E-state index contributed by atoms with van der Waals surface area (Å²) in [5.41, 5.74) is 0.891. The number of hydrogen-bond donors (Lipinski definition) is 1. The van der Waals surface area contributed by atoms with E-state index in [2.05, 4.69) is 5.32 Å². The standard InChI is InChI=1S/C17H19Cl2NO2/c18-13-4-3-11(9-14(13)19)20-16(21)22-15-8-10-5-7-17(15)6-1-2-12(10)17/h3-4,9-10,12,15H,1-2,5-8H2,(H,20,21)/t10-,12+,15-,17-/m0/s1. The molecule has 0 unspecified atom stereocenters. The van der Waals surface area contributed by atoms with Gasteiger partial charge >= 0.3 is 6.09 Å². The summed E-state index contributed by atoms with van der Waals surface area (Å²) >= 11 is 11.8. The van der Waals surface area contributed by atoms with E-state index in [9.17, 15) is 4.79 Å². The van der Waals surface area contributed by atoms with Crippen molar-refractivity contribution in [3.8, 4) is 0 Å². The Hall–Kier alpha value is -0.930. The normalized spacial score (nSPS) is 35.5. The number of carbonyl (C=O) groups excluding carboxylic acids is 1. The molecule has 1 amide bonds. The van der Waals surface area contributed by atoms with Crippen LogP contribution in [0.1, 0.15) is 38.5 Å². The molecule has 0 saturated heterocycles. The van der Waals surface area contributed by atoms with Crippen LogP contribution in [0.3, 0.4) is 0 Å². The lowest BCUT2D eigenvalue weighted by molar-refractivity contribution is 0.0173. The summed E-state index contributed by atoms with van der Waals surface area (Å²) < 4.78 is 5.80. The Morgan fingerprint density at radius 3 is 2.91 bits per heavy atom. The second kappa shape index (κ2) is 5.31. The van der Waals surface area contributed by atoms with Crippen LogP contribution in [0.4, 0.5) is 10.5 Å². The monoisotopic (exact) mass is 339 g/mol. The molecule has 2 bridgehead atoms. The maximum absolute atomic E-state index is 12.2. The highest BCUT2D eigenvalue weighted by Gasteiger charge is 2.62. The summed E-state index contributed by atoms with van der Waals surface area (Å²) in [7, 11) is 0. The first-order chi connectivity index (χ1) is 10.6. The van der Waals surface area contributed by atoms with Crippen molar-refractivity contribution in [2.24, 2.45) is 17.3 Å². The lowest BCUT2D eigenvalue weighted by Crippen LogP contribution is -2.36. The van der Waals surface area contributed by atoms with Gasteiger partial charge in [-0.1, -0.05) is 29.6 Å². The molecule has 0 spiro atoms. The first kappa shape index (κ1) is 14.6. The highest BCUT2D eigenvalue weighted by molar-refractivity contribution is 6.42. The molecule has 1 aromatic carbocycles. The lowest BCUT2D eigenvalue weighted by Gasteiger charge is -2.33. The molecule has 22 heavy (non-hydrogen) atoms. The number of benzene rings is 1. The zero-order valence-corrected chi connectivity index (χ0v) is 13.8. The zero-order valence-electron chi connectivity index (χ0n) is 12.3. The molecule has 0 radical (unpaired) electrons. The Balaban J connectivity index is 1.43. The van der Waals surface area contributed by atoms with Gasteiger partial charge < -0.3 is 4.74 Å². The maximum atomic E-state index is 12.2. The van der Waals surface area contributed by atoms with Gasteiger partial charge in [0.15, 0.2) is 0 Å². The van der Waals surface area contributed by atoms with E-state index in [1.54, 1.807) is 18.2 Å². The van der Waals surface area contributed by atoms with E-state index in [0.717, 1.165) is 18.3 Å². The molecule has 3 nitrogen and oxygen atoms in total. The van der Waals surface area contributed by atoms with E-state index >= 15 is 0 Å². The minimum atomic E-state index is -0.379. The maximum Gasteiger partial charge on any atom is 0.411 e. The number of nitrogens with one attached hydrogen (secondary N) is 1. The molecule has 0 heterocycles. The van der Waals surface area contributed by atoms with Gasteiger partial charge in [0.2, 0.25) is 0 Å². The largest absolute Gasteiger partial charge is 0.445 e. The predicted molar refractivity (Wildman–Crippen MR) is 87.5 cm³/mol. The van der Waals surface area contributed by atoms with Gasteiger partial charge in [0, 0.05) is 11.1 Å². The minimum absolute atomic E-state index is 0.0847. The van der Waals surface area contributed by atoms with Crippen molar-refractivity contribution in [1.29, 1.82) is 0 Å². The summed E-state index contributed by atoms with van der Waals surface area (Å²) in [5.74, 6) is 1.56. The second-order valence-corrected chi connectivity index (χ2v) is 7.73. The highest BCUT2D eigenvalue weighted by atomic mass is 35.5. The Kier molecular flexibility index (Phi) is 3.54. The van der Waals surface area contributed by atoms with Gasteiger partial charge in [-0.05, 0) is 62.1 Å². The van der Waals surface area contributed by atoms with E-state index in [-0.39, 0.29) is 17.6 Å². The van der Waals surface area contributed by atoms with Crippen LogP contribution in [0, 0.1) is 17.3 Å². The molecule has 3 aliphatic rings. The number of ether oxygens (including phenoxy) is 1. The number of carbonyl (C=O) groups is 1. The SMILES string of the molecule is O=C(Nc1ccc(Cl)c(Cl)c1)O[C@H]1C[C@@H]2CC[C@]13CCC[C@H]23. The van der Waals surface area contributed by atoms with Crippen LogP contribution in [0.15, 0.2) is 18.2 Å². The first-order valence-electron chi connectivity index (χ1n) is 8.01. The quantitative estimate of drug-likeness (QED) is 0.771. The van der Waals surface area contributed by atoms with Crippen LogP contribution in [-0.4, -0.2) is 12.2 Å². The number of anilines is 1. The smallest absolute Gasteiger partial charge is 0.411 e. The third kappa shape index (κ3) is 2.21. The molecule has 0 aromatic heterocycles. The molecule has 1 aromatic rings. The van der Waals surface area contributed by atoms with E-state index in [1.165, 1.54) is 32.1 Å². The molecule has 4 rings (SSSR count). The van der Waals surface area contributed by atoms with E-state index in [1.807, 2.05) is 0 Å². The molecule has 118 valence electrons. The minimum Gasteiger partial charge on any atom is -0.445 e. The fourth-order valence-electron chi connectivity index (χ4n) is 5.16. The first-order valence-corrected chi connectivity index (χ1v) is 8.77. The molecule has 3 saturated carbocycles. The van der Waals surface area contributed by atoms with Crippen LogP contribution >= 0.6 is 23.2 Å². The summed E-state index contributed by atoms with van der Waals surface area (Å²) in [5, 5.41) is 3.67. The van der Waals surface area contributed by atoms with E-state index < -0.39 is 0 Å². The fraction of sp³-hybridized carbons (Fsp3) is 0.588. The molecule has 3 aliphatic carbocycles. The molecule has 3 fully saturated rings. The predicted octanol–water partition coefficient (Wildman–Crippen LogP) is 5.51. The fourth-order valence-corrected chi connectivity index (χ4v) is 5.46. The van der Waals surface area contributed by atoms with Gasteiger partial charge in [-0.15, -0.1) is 0 Å². The Bertz CT molecular complexity index is 617. The van der Waals surface area contributed by atoms with Crippen LogP contribution in [0.5, 0.6) is 0 Å². The van der Waals surface area contributed by atoms with Gasteiger partial charge in [0.05, 0.1) is 10.0 Å². The second-order valence-electron chi connectivity index (χ2n) is 6.91. The Morgan fingerprint density at radius 1 is 1.23 bits per heavy atom. The van der Waals surface area contributed by atoms with E-state index in [4.69, 9.17) is 27.9 Å². The number of amides is 1. The topological polar surface area (TPSA) is 38.3 Å². The van der Waals surface area contributed by atoms with Crippen molar-refractivity contribution in [2.45, 2.75) is 44.6 Å². The van der Waals surface area contributed by atoms with Crippen LogP contribution in [0.25, 0.3) is 0 Å². The summed E-state index contributed by atoms with van der Waals surface area (Å²) in [6, 6.07) is 5.04. The van der Waals surface area contributed by atoms with Gasteiger partial charge in [-0.3, -0.25) is 5.32 Å². The van der Waals surface area contributed by atoms with Crippen molar-refractivity contribution in [1.82, 2.24) is 0 Å². The zero-order chi connectivity index (χ0) is 15.3. The van der Waals surface area contributed by atoms with Crippen molar-refractivity contribution < 1.29 is 9.53 Å². The highest BCUT2D eigenvalue weighted by Crippen LogP contribution is 2.66. The van der Waals surface area contributed by atoms with Crippen LogP contribution < -0.4 is 5.32 Å². The molecule has 0 aliphatic heterocycles. The van der Waals surface area contributed by atoms with Crippen molar-refractivity contribution in [2.75, 3.05) is 5.32 Å². The van der Waals surface area contributed by atoms with Crippen molar-refractivity contribution >= 4 is 35.0 Å². The van der Waals surface area contributed by atoms with Crippen LogP contribution in [0.2, 0.25) is 10.0 Å². The molecular formula is C17H19Cl2NO2. The molecular weight excluding hydrogens is 321 g/mol. The van der Waals surface area contributed by atoms with E-state index in [0.29, 0.717) is 15.7 Å². The lowest BCUT2D eigenvalue weighted by atomic mass is 9.78. The average molecular weight is 340 g/mol. The third-order valence-electron chi connectivity index (χ3n) is 6.02. The molecule has 4 atom stereocenters. The molecule has 1 N–H and O–H groups in total. The van der Waals surface area contributed by atoms with Gasteiger partial charge in [0.1, 0.15) is 6.10 Å². The van der Waals surface area contributed by atoms with Crippen molar-refractivity contribution in [3.63, 3.8) is 0 Å². The number of hydrogen-bond acceptors (Lipinski definition) is 2. The van der Waals surface area contributed by atoms with Gasteiger partial charge in [-0.25, -0.2) is 4.79 Å². The molecule has 5 heteroatoms.